The van der Waals surface area contributed by atoms with Crippen LogP contribution in [0.5, 0.6) is 0 Å². The molecule has 0 atom stereocenters. The molecule has 3 nitrogen and oxygen atoms in total. The Hall–Kier alpha value is -1.14. The first kappa shape index (κ1) is 14.9. The molecule has 1 rings (SSSR count). The van der Waals surface area contributed by atoms with Crippen LogP contribution in [0.15, 0.2) is 29.2 Å². The predicted molar refractivity (Wildman–Crippen MR) is 69.8 cm³/mol. The summed E-state index contributed by atoms with van der Waals surface area (Å²) >= 11 is 0.406. The van der Waals surface area contributed by atoms with Gasteiger partial charge in [0, 0.05) is 11.4 Å². The zero-order chi connectivity index (χ0) is 13.8. The standard InChI is InChI=1S/C12H16F2N2OS/c1-12(2,7-15)10(17)16-8-5-3-4-6-9(8)18-11(13)14/h3-6,11H,7,15H2,1-2H3,(H,16,17). The number of thioether (sulfide) groups is 1. The smallest absolute Gasteiger partial charge is 0.288 e. The summed E-state index contributed by atoms with van der Waals surface area (Å²) in [6, 6.07) is 6.46. The quantitative estimate of drug-likeness (QED) is 0.812. The van der Waals surface area contributed by atoms with Crippen LogP contribution in [0.25, 0.3) is 0 Å². The topological polar surface area (TPSA) is 55.1 Å². The van der Waals surface area contributed by atoms with E-state index in [4.69, 9.17) is 5.73 Å². The minimum absolute atomic E-state index is 0.184. The maximum absolute atomic E-state index is 12.4. The molecule has 0 saturated carbocycles. The lowest BCUT2D eigenvalue weighted by Crippen LogP contribution is -2.37. The van der Waals surface area contributed by atoms with Crippen molar-refractivity contribution in [1.29, 1.82) is 0 Å². The summed E-state index contributed by atoms with van der Waals surface area (Å²) < 4.78 is 24.7. The Labute approximate surface area is 109 Å². The molecule has 0 heterocycles. The first-order valence-electron chi connectivity index (χ1n) is 5.42. The predicted octanol–water partition coefficient (Wildman–Crippen LogP) is 2.92. The van der Waals surface area contributed by atoms with Gasteiger partial charge in [-0.2, -0.15) is 8.78 Å². The molecule has 0 aliphatic carbocycles. The number of hydrogen-bond donors (Lipinski definition) is 2. The van der Waals surface area contributed by atoms with Crippen molar-refractivity contribution in [1.82, 2.24) is 0 Å². The number of nitrogens with one attached hydrogen (secondary N) is 1. The van der Waals surface area contributed by atoms with Crippen LogP contribution in [-0.4, -0.2) is 18.2 Å². The van der Waals surface area contributed by atoms with Gasteiger partial charge in [0.25, 0.3) is 5.76 Å². The van der Waals surface area contributed by atoms with Crippen LogP contribution >= 0.6 is 11.8 Å². The van der Waals surface area contributed by atoms with Crippen LogP contribution in [0.3, 0.4) is 0 Å². The number of nitrogens with two attached hydrogens (primary N) is 1. The highest BCUT2D eigenvalue weighted by atomic mass is 32.2. The highest BCUT2D eigenvalue weighted by Crippen LogP contribution is 2.32. The molecule has 0 aliphatic heterocycles. The highest BCUT2D eigenvalue weighted by Gasteiger charge is 2.26. The van der Waals surface area contributed by atoms with Gasteiger partial charge < -0.3 is 11.1 Å². The number of carbonyl (C=O) groups is 1. The van der Waals surface area contributed by atoms with Crippen molar-refractivity contribution in [3.63, 3.8) is 0 Å². The first-order valence-corrected chi connectivity index (χ1v) is 6.30. The van der Waals surface area contributed by atoms with Crippen LogP contribution in [0.4, 0.5) is 14.5 Å². The zero-order valence-electron chi connectivity index (χ0n) is 10.2. The fourth-order valence-corrected chi connectivity index (χ4v) is 1.75. The lowest BCUT2D eigenvalue weighted by molar-refractivity contribution is -0.123. The molecule has 1 aromatic carbocycles. The van der Waals surface area contributed by atoms with E-state index in [1.54, 1.807) is 38.1 Å². The van der Waals surface area contributed by atoms with Crippen LogP contribution in [-0.2, 0) is 4.79 Å². The molecule has 1 aromatic rings. The van der Waals surface area contributed by atoms with Crippen molar-refractivity contribution < 1.29 is 13.6 Å². The Morgan fingerprint density at radius 3 is 2.61 bits per heavy atom. The van der Waals surface area contributed by atoms with E-state index in [1.807, 2.05) is 0 Å². The third kappa shape index (κ3) is 3.96. The van der Waals surface area contributed by atoms with E-state index < -0.39 is 11.2 Å². The van der Waals surface area contributed by atoms with Gasteiger partial charge in [-0.25, -0.2) is 0 Å². The largest absolute Gasteiger partial charge is 0.329 e. The summed E-state index contributed by atoms with van der Waals surface area (Å²) in [5.41, 5.74) is 5.14. The summed E-state index contributed by atoms with van der Waals surface area (Å²) in [5.74, 6) is -2.81. The Morgan fingerprint density at radius 2 is 2.06 bits per heavy atom. The number of para-hydroxylation sites is 1. The molecule has 1 amide bonds. The molecule has 0 spiro atoms. The van der Waals surface area contributed by atoms with Gasteiger partial charge in [0.15, 0.2) is 0 Å². The Kier molecular flexibility index (Phi) is 5.10. The van der Waals surface area contributed by atoms with E-state index in [1.165, 1.54) is 0 Å². The summed E-state index contributed by atoms with van der Waals surface area (Å²) in [4.78, 5) is 12.3. The van der Waals surface area contributed by atoms with Crippen molar-refractivity contribution in [2.24, 2.45) is 11.1 Å². The summed E-state index contributed by atoms with van der Waals surface area (Å²) in [7, 11) is 0. The third-order valence-electron chi connectivity index (χ3n) is 2.48. The molecule has 0 bridgehead atoms. The Bertz CT molecular complexity index is 424. The van der Waals surface area contributed by atoms with E-state index in [0.29, 0.717) is 22.3 Å². The average Bonchev–Trinajstić information content (AvgIpc) is 2.31. The van der Waals surface area contributed by atoms with Crippen LogP contribution in [0.2, 0.25) is 0 Å². The van der Waals surface area contributed by atoms with Gasteiger partial charge in [0.05, 0.1) is 11.1 Å². The van der Waals surface area contributed by atoms with Crippen molar-refractivity contribution >= 4 is 23.4 Å². The number of amides is 1. The van der Waals surface area contributed by atoms with Gasteiger partial charge in [0.2, 0.25) is 5.91 Å². The molecule has 0 aromatic heterocycles. The van der Waals surface area contributed by atoms with Gasteiger partial charge in [-0.1, -0.05) is 23.9 Å². The van der Waals surface area contributed by atoms with E-state index in [9.17, 15) is 13.6 Å². The van der Waals surface area contributed by atoms with Gasteiger partial charge in [-0.15, -0.1) is 0 Å². The Morgan fingerprint density at radius 1 is 1.44 bits per heavy atom. The molecule has 18 heavy (non-hydrogen) atoms. The van der Waals surface area contributed by atoms with Gasteiger partial charge in [0.1, 0.15) is 0 Å². The fraction of sp³-hybridized carbons (Fsp3) is 0.417. The zero-order valence-corrected chi connectivity index (χ0v) is 11.1. The number of alkyl halides is 2. The van der Waals surface area contributed by atoms with Crippen LogP contribution in [0, 0.1) is 5.41 Å². The van der Waals surface area contributed by atoms with Crippen LogP contribution < -0.4 is 11.1 Å². The number of benzene rings is 1. The lowest BCUT2D eigenvalue weighted by Gasteiger charge is -2.22. The molecule has 3 N–H and O–H groups in total. The monoisotopic (exact) mass is 274 g/mol. The molecule has 0 unspecified atom stereocenters. The molecule has 0 radical (unpaired) electrons. The number of hydrogen-bond acceptors (Lipinski definition) is 3. The molecular formula is C12H16F2N2OS. The van der Waals surface area contributed by atoms with Gasteiger partial charge >= 0.3 is 0 Å². The number of halogens is 2. The molecule has 6 heteroatoms. The van der Waals surface area contributed by atoms with E-state index in [0.717, 1.165) is 0 Å². The third-order valence-corrected chi connectivity index (χ3v) is 3.26. The summed E-state index contributed by atoms with van der Waals surface area (Å²) in [5, 5.41) is 2.63. The number of rotatable bonds is 5. The minimum atomic E-state index is -2.52. The molecule has 100 valence electrons. The normalized spacial score (nSPS) is 11.7. The number of anilines is 1. The lowest BCUT2D eigenvalue weighted by atomic mass is 9.92. The summed E-state index contributed by atoms with van der Waals surface area (Å²) in [6.45, 7) is 3.58. The van der Waals surface area contributed by atoms with Crippen molar-refractivity contribution in [2.75, 3.05) is 11.9 Å². The second-order valence-electron chi connectivity index (χ2n) is 4.42. The minimum Gasteiger partial charge on any atom is -0.329 e. The molecule has 0 aliphatic rings. The second-order valence-corrected chi connectivity index (χ2v) is 5.45. The van der Waals surface area contributed by atoms with Crippen molar-refractivity contribution in [3.05, 3.63) is 24.3 Å². The molecule has 0 fully saturated rings. The Balaban J connectivity index is 2.87. The molecular weight excluding hydrogens is 258 g/mol. The number of carbonyl (C=O) groups excluding carboxylic acids is 1. The molecule has 0 saturated heterocycles. The van der Waals surface area contributed by atoms with E-state index >= 15 is 0 Å². The average molecular weight is 274 g/mol. The van der Waals surface area contributed by atoms with Gasteiger partial charge in [-0.3, -0.25) is 4.79 Å². The highest BCUT2D eigenvalue weighted by molar-refractivity contribution is 7.99. The first-order chi connectivity index (χ1) is 8.36. The van der Waals surface area contributed by atoms with Crippen molar-refractivity contribution in [3.8, 4) is 0 Å². The van der Waals surface area contributed by atoms with Crippen LogP contribution in [0.1, 0.15) is 13.8 Å². The van der Waals surface area contributed by atoms with E-state index in [-0.39, 0.29) is 12.5 Å². The second kappa shape index (κ2) is 6.15. The van der Waals surface area contributed by atoms with Crippen molar-refractivity contribution in [2.45, 2.75) is 24.5 Å². The van der Waals surface area contributed by atoms with E-state index in [2.05, 4.69) is 5.32 Å². The summed E-state index contributed by atoms with van der Waals surface area (Å²) in [6.07, 6.45) is 0. The maximum atomic E-state index is 12.4. The maximum Gasteiger partial charge on any atom is 0.288 e. The fourth-order valence-electron chi connectivity index (χ4n) is 1.15. The van der Waals surface area contributed by atoms with Gasteiger partial charge in [-0.05, 0) is 26.0 Å². The SMILES string of the molecule is CC(C)(CN)C(=O)Nc1ccccc1SC(F)F.